The van der Waals surface area contributed by atoms with Crippen molar-refractivity contribution in [2.45, 2.75) is 19.4 Å². The number of hydrogen-bond donors (Lipinski definition) is 2. The third-order valence-electron chi connectivity index (χ3n) is 2.64. The molecule has 2 N–H and O–H groups in total. The van der Waals surface area contributed by atoms with Crippen LogP contribution in [0.1, 0.15) is 24.3 Å². The maximum absolute atomic E-state index is 12.2. The standard InChI is InChI=1S/C13H17N3O2/c1-13(2,18)8-16(3)12(17)11-9-6-4-5-7-10(9)14-15-11/h4-7,18H,8H2,1-3H3,(H,14,15). The van der Waals surface area contributed by atoms with E-state index in [9.17, 15) is 9.90 Å². The summed E-state index contributed by atoms with van der Waals surface area (Å²) in [4.78, 5) is 13.7. The number of para-hydroxylation sites is 1. The lowest BCUT2D eigenvalue weighted by Gasteiger charge is -2.24. The Hall–Kier alpha value is -1.88. The number of likely N-dealkylation sites (N-methyl/N-ethyl adjacent to an activating group) is 1. The number of aromatic amines is 1. The summed E-state index contributed by atoms with van der Waals surface area (Å²) in [7, 11) is 1.66. The van der Waals surface area contributed by atoms with E-state index in [0.29, 0.717) is 5.69 Å². The van der Waals surface area contributed by atoms with Crippen molar-refractivity contribution in [1.82, 2.24) is 15.1 Å². The molecule has 0 aliphatic carbocycles. The molecule has 5 nitrogen and oxygen atoms in total. The fourth-order valence-corrected chi connectivity index (χ4v) is 1.96. The van der Waals surface area contributed by atoms with E-state index in [1.807, 2.05) is 24.3 Å². The van der Waals surface area contributed by atoms with Gasteiger partial charge >= 0.3 is 0 Å². The number of fused-ring (bicyclic) bond motifs is 1. The molecule has 0 aliphatic rings. The number of nitrogens with zero attached hydrogens (tertiary/aromatic N) is 2. The summed E-state index contributed by atoms with van der Waals surface area (Å²) < 4.78 is 0. The molecule has 1 amide bonds. The van der Waals surface area contributed by atoms with E-state index in [0.717, 1.165) is 10.9 Å². The molecule has 96 valence electrons. The molecule has 2 aromatic rings. The Morgan fingerprint density at radius 1 is 1.44 bits per heavy atom. The third kappa shape index (κ3) is 2.51. The van der Waals surface area contributed by atoms with E-state index < -0.39 is 5.60 Å². The first-order chi connectivity index (χ1) is 8.38. The van der Waals surface area contributed by atoms with Gasteiger partial charge in [0.15, 0.2) is 5.69 Å². The van der Waals surface area contributed by atoms with Crippen LogP contribution in [0.2, 0.25) is 0 Å². The number of aromatic nitrogens is 2. The van der Waals surface area contributed by atoms with Gasteiger partial charge in [-0.15, -0.1) is 0 Å². The van der Waals surface area contributed by atoms with Crippen molar-refractivity contribution in [3.05, 3.63) is 30.0 Å². The molecular weight excluding hydrogens is 230 g/mol. The second-order valence-corrected chi connectivity index (χ2v) is 5.09. The van der Waals surface area contributed by atoms with E-state index in [-0.39, 0.29) is 12.5 Å². The van der Waals surface area contributed by atoms with Crippen molar-refractivity contribution in [2.24, 2.45) is 0 Å². The molecule has 1 aromatic carbocycles. The lowest BCUT2D eigenvalue weighted by atomic mass is 10.1. The number of hydrogen-bond acceptors (Lipinski definition) is 3. The fourth-order valence-electron chi connectivity index (χ4n) is 1.96. The van der Waals surface area contributed by atoms with Crippen LogP contribution in [0, 0.1) is 0 Å². The highest BCUT2D eigenvalue weighted by molar-refractivity contribution is 6.04. The van der Waals surface area contributed by atoms with Gasteiger partial charge in [0.1, 0.15) is 0 Å². The monoisotopic (exact) mass is 247 g/mol. The highest BCUT2D eigenvalue weighted by Crippen LogP contribution is 2.17. The van der Waals surface area contributed by atoms with E-state index in [4.69, 9.17) is 0 Å². The van der Waals surface area contributed by atoms with Gasteiger partial charge in [-0.25, -0.2) is 0 Å². The SMILES string of the molecule is CN(CC(C)(C)O)C(=O)c1n[nH]c2ccccc12. The van der Waals surface area contributed by atoms with E-state index in [1.54, 1.807) is 20.9 Å². The number of carbonyl (C=O) groups is 1. The molecule has 0 unspecified atom stereocenters. The van der Waals surface area contributed by atoms with Gasteiger partial charge in [-0.1, -0.05) is 18.2 Å². The van der Waals surface area contributed by atoms with Crippen molar-refractivity contribution >= 4 is 16.8 Å². The zero-order chi connectivity index (χ0) is 13.3. The minimum Gasteiger partial charge on any atom is -0.389 e. The van der Waals surface area contributed by atoms with Crippen LogP contribution in [-0.2, 0) is 0 Å². The summed E-state index contributed by atoms with van der Waals surface area (Å²) in [6.45, 7) is 3.59. The zero-order valence-electron chi connectivity index (χ0n) is 10.8. The van der Waals surface area contributed by atoms with Crippen molar-refractivity contribution in [2.75, 3.05) is 13.6 Å². The molecule has 0 bridgehead atoms. The van der Waals surface area contributed by atoms with Crippen LogP contribution in [0.25, 0.3) is 10.9 Å². The molecule has 0 saturated carbocycles. The van der Waals surface area contributed by atoms with Gasteiger partial charge in [0, 0.05) is 19.0 Å². The van der Waals surface area contributed by atoms with Gasteiger partial charge in [-0.05, 0) is 19.9 Å². The average molecular weight is 247 g/mol. The first kappa shape index (κ1) is 12.6. The first-order valence-corrected chi connectivity index (χ1v) is 5.79. The Kier molecular flexibility index (Phi) is 3.09. The highest BCUT2D eigenvalue weighted by Gasteiger charge is 2.23. The summed E-state index contributed by atoms with van der Waals surface area (Å²) in [6, 6.07) is 7.47. The summed E-state index contributed by atoms with van der Waals surface area (Å²) in [5, 5.41) is 17.4. The van der Waals surface area contributed by atoms with Gasteiger partial charge in [-0.2, -0.15) is 5.10 Å². The second-order valence-electron chi connectivity index (χ2n) is 5.09. The predicted octanol–water partition coefficient (Wildman–Crippen LogP) is 1.41. The summed E-state index contributed by atoms with van der Waals surface area (Å²) in [6.07, 6.45) is 0. The van der Waals surface area contributed by atoms with E-state index in [2.05, 4.69) is 10.2 Å². The molecule has 0 atom stereocenters. The normalized spacial score (nSPS) is 11.8. The number of nitrogens with one attached hydrogen (secondary N) is 1. The Morgan fingerprint density at radius 3 is 2.78 bits per heavy atom. The molecule has 0 spiro atoms. The van der Waals surface area contributed by atoms with Gasteiger partial charge in [0.25, 0.3) is 5.91 Å². The Morgan fingerprint density at radius 2 is 2.11 bits per heavy atom. The molecule has 1 aromatic heterocycles. The fraction of sp³-hybridized carbons (Fsp3) is 0.385. The average Bonchev–Trinajstić information content (AvgIpc) is 2.69. The molecule has 0 radical (unpaired) electrons. The third-order valence-corrected chi connectivity index (χ3v) is 2.64. The summed E-state index contributed by atoms with van der Waals surface area (Å²) in [5.41, 5.74) is 0.297. The molecule has 5 heteroatoms. The molecule has 1 heterocycles. The highest BCUT2D eigenvalue weighted by atomic mass is 16.3. The van der Waals surface area contributed by atoms with Crippen molar-refractivity contribution < 1.29 is 9.90 Å². The van der Waals surface area contributed by atoms with Crippen LogP contribution < -0.4 is 0 Å². The van der Waals surface area contributed by atoms with Gasteiger partial charge in [0.05, 0.1) is 11.1 Å². The van der Waals surface area contributed by atoms with Crippen molar-refractivity contribution in [3.8, 4) is 0 Å². The molecule has 0 fully saturated rings. The quantitative estimate of drug-likeness (QED) is 0.861. The van der Waals surface area contributed by atoms with Gasteiger partial charge < -0.3 is 10.0 Å². The Balaban J connectivity index is 2.29. The summed E-state index contributed by atoms with van der Waals surface area (Å²) >= 11 is 0. The topological polar surface area (TPSA) is 69.2 Å². The number of H-pyrrole nitrogens is 1. The minimum absolute atomic E-state index is 0.199. The number of rotatable bonds is 3. The van der Waals surface area contributed by atoms with Crippen LogP contribution >= 0.6 is 0 Å². The van der Waals surface area contributed by atoms with Crippen molar-refractivity contribution in [1.29, 1.82) is 0 Å². The lowest BCUT2D eigenvalue weighted by Crippen LogP contribution is -2.39. The molecule has 0 saturated heterocycles. The Labute approximate surface area is 105 Å². The minimum atomic E-state index is -0.920. The molecular formula is C13H17N3O2. The molecule has 18 heavy (non-hydrogen) atoms. The van der Waals surface area contributed by atoms with Crippen molar-refractivity contribution in [3.63, 3.8) is 0 Å². The van der Waals surface area contributed by atoms with Gasteiger partial charge in [-0.3, -0.25) is 9.89 Å². The predicted molar refractivity (Wildman–Crippen MR) is 69.4 cm³/mol. The lowest BCUT2D eigenvalue weighted by molar-refractivity contribution is 0.0366. The van der Waals surface area contributed by atoms with Crippen LogP contribution in [0.4, 0.5) is 0 Å². The number of aliphatic hydroxyl groups is 1. The maximum Gasteiger partial charge on any atom is 0.274 e. The van der Waals surface area contributed by atoms with Crippen LogP contribution in [0.3, 0.4) is 0 Å². The zero-order valence-corrected chi connectivity index (χ0v) is 10.8. The Bertz CT molecular complexity index is 569. The number of benzene rings is 1. The van der Waals surface area contributed by atoms with Gasteiger partial charge in [0.2, 0.25) is 0 Å². The summed E-state index contributed by atoms with van der Waals surface area (Å²) in [5.74, 6) is -0.199. The maximum atomic E-state index is 12.2. The van der Waals surface area contributed by atoms with E-state index >= 15 is 0 Å². The van der Waals surface area contributed by atoms with Crippen LogP contribution in [0.15, 0.2) is 24.3 Å². The number of amides is 1. The first-order valence-electron chi connectivity index (χ1n) is 5.79. The molecule has 0 aliphatic heterocycles. The molecule has 2 rings (SSSR count). The smallest absolute Gasteiger partial charge is 0.274 e. The number of carbonyl (C=O) groups excluding carboxylic acids is 1. The second kappa shape index (κ2) is 4.42. The van der Waals surface area contributed by atoms with E-state index in [1.165, 1.54) is 4.90 Å². The largest absolute Gasteiger partial charge is 0.389 e. The van der Waals surface area contributed by atoms with Crippen LogP contribution in [0.5, 0.6) is 0 Å². The van der Waals surface area contributed by atoms with Crippen LogP contribution in [-0.4, -0.2) is 45.3 Å².